The van der Waals surface area contributed by atoms with E-state index in [0.717, 1.165) is 36.9 Å². The van der Waals surface area contributed by atoms with Gasteiger partial charge in [0.25, 0.3) is 0 Å². The molecule has 1 atom stereocenters. The highest BCUT2D eigenvalue weighted by molar-refractivity contribution is 9.10. The average molecular weight is 317 g/mol. The molecule has 0 aliphatic carbocycles. The number of ether oxygens (including phenoxy) is 1. The molecule has 0 N–H and O–H groups in total. The number of nitrogens with zero attached hydrogens (tertiary/aromatic N) is 3. The van der Waals surface area contributed by atoms with Crippen molar-refractivity contribution >= 4 is 38.6 Å². The van der Waals surface area contributed by atoms with Crippen LogP contribution >= 0.6 is 27.5 Å². The zero-order valence-corrected chi connectivity index (χ0v) is 11.4. The fourth-order valence-corrected chi connectivity index (χ4v) is 2.81. The van der Waals surface area contributed by atoms with Crippen molar-refractivity contribution in [2.24, 2.45) is 0 Å². The predicted molar refractivity (Wildman–Crippen MR) is 69.1 cm³/mol. The highest BCUT2D eigenvalue weighted by atomic mass is 79.9. The standard InChI is InChI=1S/C11H11BrClN3O/c12-11-9-10(7(13)4-5-14-9)16(15-11)8-3-1-2-6-17-8/h4-5,8H,1-3,6H2. The van der Waals surface area contributed by atoms with E-state index in [4.69, 9.17) is 16.3 Å². The van der Waals surface area contributed by atoms with Crippen molar-refractivity contribution in [3.63, 3.8) is 0 Å². The van der Waals surface area contributed by atoms with Gasteiger partial charge in [0.2, 0.25) is 0 Å². The Morgan fingerprint density at radius 3 is 3.12 bits per heavy atom. The van der Waals surface area contributed by atoms with Crippen LogP contribution in [0, 0.1) is 0 Å². The first-order valence-electron chi connectivity index (χ1n) is 5.57. The topological polar surface area (TPSA) is 39.9 Å². The molecule has 0 spiro atoms. The van der Waals surface area contributed by atoms with Crippen LogP contribution < -0.4 is 0 Å². The van der Waals surface area contributed by atoms with E-state index in [0.29, 0.717) is 9.63 Å². The fraction of sp³-hybridized carbons (Fsp3) is 0.455. The van der Waals surface area contributed by atoms with E-state index in [1.807, 2.05) is 4.68 Å². The highest BCUT2D eigenvalue weighted by Gasteiger charge is 2.22. The lowest BCUT2D eigenvalue weighted by atomic mass is 10.2. The SMILES string of the molecule is Clc1ccnc2c(Br)nn(C3CCCCO3)c12. The molecule has 0 amide bonds. The maximum Gasteiger partial charge on any atom is 0.154 e. The molecule has 90 valence electrons. The van der Waals surface area contributed by atoms with Crippen molar-refractivity contribution < 1.29 is 4.74 Å². The van der Waals surface area contributed by atoms with E-state index >= 15 is 0 Å². The maximum absolute atomic E-state index is 6.22. The van der Waals surface area contributed by atoms with Gasteiger partial charge in [-0.15, -0.1) is 0 Å². The summed E-state index contributed by atoms with van der Waals surface area (Å²) in [6, 6.07) is 1.78. The third kappa shape index (κ3) is 1.96. The molecule has 3 rings (SSSR count). The largest absolute Gasteiger partial charge is 0.356 e. The normalized spacial score (nSPS) is 20.9. The number of aromatic nitrogens is 3. The molecule has 0 bridgehead atoms. The van der Waals surface area contributed by atoms with Crippen LogP contribution in [0.5, 0.6) is 0 Å². The van der Waals surface area contributed by atoms with Gasteiger partial charge in [0.1, 0.15) is 11.0 Å². The van der Waals surface area contributed by atoms with E-state index in [1.165, 1.54) is 0 Å². The molecule has 1 unspecified atom stereocenters. The predicted octanol–water partition coefficient (Wildman–Crippen LogP) is 3.55. The molecule has 1 saturated heterocycles. The van der Waals surface area contributed by atoms with Gasteiger partial charge in [-0.05, 0) is 41.3 Å². The number of fused-ring (bicyclic) bond motifs is 1. The zero-order valence-electron chi connectivity index (χ0n) is 9.07. The Hall–Kier alpha value is -0.650. The van der Waals surface area contributed by atoms with Crippen LogP contribution in [0.2, 0.25) is 5.02 Å². The van der Waals surface area contributed by atoms with Crippen molar-refractivity contribution in [3.05, 3.63) is 21.9 Å². The summed E-state index contributed by atoms with van der Waals surface area (Å²) in [6.07, 6.45) is 4.89. The third-order valence-electron chi connectivity index (χ3n) is 2.92. The number of halogens is 2. The zero-order chi connectivity index (χ0) is 11.8. The Morgan fingerprint density at radius 2 is 2.35 bits per heavy atom. The van der Waals surface area contributed by atoms with Crippen molar-refractivity contribution in [3.8, 4) is 0 Å². The van der Waals surface area contributed by atoms with Crippen molar-refractivity contribution in [1.82, 2.24) is 14.8 Å². The lowest BCUT2D eigenvalue weighted by Gasteiger charge is -2.23. The summed E-state index contributed by atoms with van der Waals surface area (Å²) < 4.78 is 8.29. The van der Waals surface area contributed by atoms with Crippen LogP contribution in [-0.2, 0) is 4.74 Å². The van der Waals surface area contributed by atoms with Crippen molar-refractivity contribution in [2.75, 3.05) is 6.61 Å². The van der Waals surface area contributed by atoms with Crippen LogP contribution in [0.1, 0.15) is 25.5 Å². The lowest BCUT2D eigenvalue weighted by molar-refractivity contribution is -0.0368. The van der Waals surface area contributed by atoms with Crippen molar-refractivity contribution in [2.45, 2.75) is 25.5 Å². The van der Waals surface area contributed by atoms with Crippen LogP contribution in [0.15, 0.2) is 16.9 Å². The quantitative estimate of drug-likeness (QED) is 0.808. The molecule has 6 heteroatoms. The van der Waals surface area contributed by atoms with Crippen LogP contribution in [0.25, 0.3) is 11.0 Å². The summed E-state index contributed by atoms with van der Waals surface area (Å²) >= 11 is 9.63. The number of pyridine rings is 1. The van der Waals surface area contributed by atoms with Crippen LogP contribution in [-0.4, -0.2) is 21.4 Å². The first-order chi connectivity index (χ1) is 8.27. The Bertz CT molecular complexity index is 551. The third-order valence-corrected chi connectivity index (χ3v) is 3.76. The molecule has 1 fully saturated rings. The molecule has 4 nitrogen and oxygen atoms in total. The van der Waals surface area contributed by atoms with E-state index in [1.54, 1.807) is 12.3 Å². The van der Waals surface area contributed by atoms with Gasteiger partial charge in [-0.3, -0.25) is 4.98 Å². The van der Waals surface area contributed by atoms with Crippen LogP contribution in [0.4, 0.5) is 0 Å². The highest BCUT2D eigenvalue weighted by Crippen LogP contribution is 2.32. The Morgan fingerprint density at radius 1 is 1.47 bits per heavy atom. The minimum Gasteiger partial charge on any atom is -0.356 e. The molecule has 2 aromatic heterocycles. The molecule has 1 aliphatic heterocycles. The molecule has 0 saturated carbocycles. The van der Waals surface area contributed by atoms with E-state index < -0.39 is 0 Å². The number of hydrogen-bond donors (Lipinski definition) is 0. The van der Waals surface area contributed by atoms with E-state index in [9.17, 15) is 0 Å². The average Bonchev–Trinajstić information content (AvgIpc) is 2.70. The monoisotopic (exact) mass is 315 g/mol. The van der Waals surface area contributed by atoms with Crippen molar-refractivity contribution in [1.29, 1.82) is 0 Å². The summed E-state index contributed by atoms with van der Waals surface area (Å²) in [5.74, 6) is 0. The second-order valence-electron chi connectivity index (χ2n) is 4.05. The fourth-order valence-electron chi connectivity index (χ4n) is 2.12. The summed E-state index contributed by atoms with van der Waals surface area (Å²) in [6.45, 7) is 0.779. The first kappa shape index (κ1) is 11.4. The summed E-state index contributed by atoms with van der Waals surface area (Å²) in [4.78, 5) is 4.29. The van der Waals surface area contributed by atoms with Gasteiger partial charge < -0.3 is 4.74 Å². The molecule has 0 radical (unpaired) electrons. The summed E-state index contributed by atoms with van der Waals surface area (Å²) in [5, 5.41) is 5.09. The molecule has 2 aromatic rings. The molecular weight excluding hydrogens is 305 g/mol. The van der Waals surface area contributed by atoms with E-state index in [2.05, 4.69) is 26.0 Å². The number of rotatable bonds is 1. The smallest absolute Gasteiger partial charge is 0.154 e. The van der Waals surface area contributed by atoms with Gasteiger partial charge in [0.15, 0.2) is 10.8 Å². The van der Waals surface area contributed by atoms with Gasteiger partial charge in [-0.1, -0.05) is 11.6 Å². The number of hydrogen-bond acceptors (Lipinski definition) is 3. The summed E-state index contributed by atoms with van der Waals surface area (Å²) in [5.41, 5.74) is 1.62. The van der Waals surface area contributed by atoms with Gasteiger partial charge >= 0.3 is 0 Å². The van der Waals surface area contributed by atoms with Crippen LogP contribution in [0.3, 0.4) is 0 Å². The minimum absolute atomic E-state index is 0.0285. The Labute approximate surface area is 112 Å². The van der Waals surface area contributed by atoms with Gasteiger partial charge in [-0.2, -0.15) is 5.10 Å². The molecule has 17 heavy (non-hydrogen) atoms. The lowest BCUT2D eigenvalue weighted by Crippen LogP contribution is -2.19. The van der Waals surface area contributed by atoms with E-state index in [-0.39, 0.29) is 6.23 Å². The van der Waals surface area contributed by atoms with Gasteiger partial charge in [0.05, 0.1) is 5.02 Å². The second-order valence-corrected chi connectivity index (χ2v) is 5.20. The summed E-state index contributed by atoms with van der Waals surface area (Å²) in [7, 11) is 0. The maximum atomic E-state index is 6.22. The van der Waals surface area contributed by atoms with Gasteiger partial charge in [-0.25, -0.2) is 4.68 Å². The second kappa shape index (κ2) is 4.55. The Balaban J connectivity index is 2.15. The molecule has 3 heterocycles. The molecular formula is C11H11BrClN3O. The molecule has 1 aliphatic rings. The first-order valence-corrected chi connectivity index (χ1v) is 6.74. The minimum atomic E-state index is -0.0285. The van der Waals surface area contributed by atoms with Gasteiger partial charge in [0, 0.05) is 12.8 Å². The molecule has 0 aromatic carbocycles. The Kier molecular flexibility index (Phi) is 3.06.